The third kappa shape index (κ3) is 4.30. The fourth-order valence-corrected chi connectivity index (χ4v) is 3.35. The Labute approximate surface area is 152 Å². The lowest BCUT2D eigenvalue weighted by molar-refractivity contribution is 0.0526. The van der Waals surface area contributed by atoms with Gasteiger partial charge in [0.15, 0.2) is 0 Å². The first-order valence-corrected chi connectivity index (χ1v) is 8.85. The number of carbonyl (C=O) groups is 1. The van der Waals surface area contributed by atoms with Crippen molar-refractivity contribution in [2.75, 3.05) is 25.0 Å². The number of esters is 1. The number of aromatic nitrogens is 1. The van der Waals surface area contributed by atoms with E-state index in [0.29, 0.717) is 23.0 Å². The summed E-state index contributed by atoms with van der Waals surface area (Å²) in [5, 5.41) is 7.34. The maximum atomic E-state index is 11.8. The molecule has 3 rings (SSSR count). The number of hydrogen-bond acceptors (Lipinski definition) is 5. The fourth-order valence-electron chi connectivity index (χ4n) is 3.14. The largest absolute Gasteiger partial charge is 0.462 e. The number of ether oxygens (including phenoxy) is 1. The highest BCUT2D eigenvalue weighted by Crippen LogP contribution is 2.29. The van der Waals surface area contributed by atoms with Crippen molar-refractivity contribution in [1.82, 2.24) is 10.3 Å². The Kier molecular flexibility index (Phi) is 5.56. The van der Waals surface area contributed by atoms with Gasteiger partial charge in [0.25, 0.3) is 0 Å². The van der Waals surface area contributed by atoms with Gasteiger partial charge in [0.2, 0.25) is 0 Å². The molecule has 25 heavy (non-hydrogen) atoms. The second-order valence-corrected chi connectivity index (χ2v) is 6.68. The van der Waals surface area contributed by atoms with Gasteiger partial charge in [0.05, 0.1) is 22.7 Å². The van der Waals surface area contributed by atoms with Gasteiger partial charge in [-0.25, -0.2) is 9.78 Å². The quantitative estimate of drug-likeness (QED) is 0.775. The van der Waals surface area contributed by atoms with Crippen LogP contribution in [0.1, 0.15) is 29.3 Å². The molecule has 5 nitrogen and oxygen atoms in total. The normalized spacial score (nSPS) is 19.6. The summed E-state index contributed by atoms with van der Waals surface area (Å²) >= 11 is 6.36. The summed E-state index contributed by atoms with van der Waals surface area (Å²) < 4.78 is 4.99. The Hall–Kier alpha value is -2.11. The van der Waals surface area contributed by atoms with Gasteiger partial charge >= 0.3 is 5.97 Å². The van der Waals surface area contributed by atoms with Crippen LogP contribution in [0.25, 0.3) is 0 Å². The Morgan fingerprint density at radius 3 is 2.84 bits per heavy atom. The van der Waals surface area contributed by atoms with Crippen LogP contribution in [0.2, 0.25) is 5.02 Å². The Morgan fingerprint density at radius 2 is 2.20 bits per heavy atom. The molecule has 2 N–H and O–H groups in total. The maximum absolute atomic E-state index is 11.8. The second-order valence-electron chi connectivity index (χ2n) is 6.27. The van der Waals surface area contributed by atoms with Crippen LogP contribution in [0.5, 0.6) is 0 Å². The maximum Gasteiger partial charge on any atom is 0.339 e. The first-order valence-electron chi connectivity index (χ1n) is 8.47. The van der Waals surface area contributed by atoms with Crippen molar-refractivity contribution in [2.45, 2.75) is 25.3 Å². The predicted octanol–water partition coefficient (Wildman–Crippen LogP) is 3.30. The van der Waals surface area contributed by atoms with Crippen LogP contribution in [0.3, 0.4) is 0 Å². The van der Waals surface area contributed by atoms with Crippen LogP contribution in [-0.2, 0) is 11.2 Å². The third-order valence-electron chi connectivity index (χ3n) is 4.36. The summed E-state index contributed by atoms with van der Waals surface area (Å²) in [6.45, 7) is 3.86. The van der Waals surface area contributed by atoms with Crippen molar-refractivity contribution in [1.29, 1.82) is 0 Å². The van der Waals surface area contributed by atoms with Gasteiger partial charge in [-0.3, -0.25) is 0 Å². The predicted molar refractivity (Wildman–Crippen MR) is 99.2 cm³/mol. The number of rotatable bonds is 6. The molecule has 0 radical (unpaired) electrons. The monoisotopic (exact) mass is 359 g/mol. The van der Waals surface area contributed by atoms with Crippen LogP contribution >= 0.6 is 11.6 Å². The van der Waals surface area contributed by atoms with E-state index < -0.39 is 5.97 Å². The average molecular weight is 360 g/mol. The van der Waals surface area contributed by atoms with Crippen molar-refractivity contribution >= 4 is 23.4 Å². The highest BCUT2D eigenvalue weighted by atomic mass is 35.5. The summed E-state index contributed by atoms with van der Waals surface area (Å²) in [5.41, 5.74) is 1.47. The lowest BCUT2D eigenvalue weighted by atomic mass is 9.90. The number of carbonyl (C=O) groups excluding carboxylic acids is 1. The van der Waals surface area contributed by atoms with Crippen LogP contribution < -0.4 is 10.6 Å². The molecule has 0 aliphatic carbocycles. The lowest BCUT2D eigenvalue weighted by Gasteiger charge is -2.31. The van der Waals surface area contributed by atoms with E-state index >= 15 is 0 Å². The SMILES string of the molecule is CCOC(=O)c1cnc(N[C@]2(Cc3ccccc3)CCNC2)c(Cl)c1. The Bertz CT molecular complexity index is 731. The summed E-state index contributed by atoms with van der Waals surface area (Å²) in [5.74, 6) is 0.180. The van der Waals surface area contributed by atoms with Crippen molar-refractivity contribution in [3.63, 3.8) is 0 Å². The molecule has 1 atom stereocenters. The van der Waals surface area contributed by atoms with Crippen LogP contribution in [-0.4, -0.2) is 36.2 Å². The molecule has 0 saturated carbocycles. The number of nitrogens with zero attached hydrogens (tertiary/aromatic N) is 1. The lowest BCUT2D eigenvalue weighted by Crippen LogP contribution is -2.43. The van der Waals surface area contributed by atoms with Crippen molar-refractivity contribution in [2.24, 2.45) is 0 Å². The summed E-state index contributed by atoms with van der Waals surface area (Å²) in [4.78, 5) is 16.2. The third-order valence-corrected chi connectivity index (χ3v) is 4.65. The molecule has 0 spiro atoms. The number of hydrogen-bond donors (Lipinski definition) is 2. The second kappa shape index (κ2) is 7.85. The van der Waals surface area contributed by atoms with Crippen LogP contribution in [0.4, 0.5) is 5.82 Å². The summed E-state index contributed by atoms with van der Waals surface area (Å²) in [7, 11) is 0. The highest BCUT2D eigenvalue weighted by Gasteiger charge is 2.34. The zero-order valence-electron chi connectivity index (χ0n) is 14.2. The van der Waals surface area contributed by atoms with E-state index in [1.54, 1.807) is 13.0 Å². The minimum absolute atomic E-state index is 0.149. The van der Waals surface area contributed by atoms with Gasteiger partial charge in [0, 0.05) is 12.7 Å². The number of halogens is 1. The molecule has 1 fully saturated rings. The molecular weight excluding hydrogens is 338 g/mol. The molecular formula is C19H22ClN3O2. The van der Waals surface area contributed by atoms with Crippen molar-refractivity contribution in [3.05, 3.63) is 58.7 Å². The van der Waals surface area contributed by atoms with Crippen LogP contribution in [0.15, 0.2) is 42.6 Å². The van der Waals surface area contributed by atoms with E-state index in [1.165, 1.54) is 11.8 Å². The van der Waals surface area contributed by atoms with E-state index in [-0.39, 0.29) is 5.54 Å². The van der Waals surface area contributed by atoms with Gasteiger partial charge in [0.1, 0.15) is 5.82 Å². The smallest absolute Gasteiger partial charge is 0.339 e. The number of benzene rings is 1. The molecule has 2 heterocycles. The first-order chi connectivity index (χ1) is 12.1. The van der Waals surface area contributed by atoms with E-state index in [4.69, 9.17) is 16.3 Å². The van der Waals surface area contributed by atoms with E-state index in [9.17, 15) is 4.79 Å². The minimum Gasteiger partial charge on any atom is -0.462 e. The molecule has 1 saturated heterocycles. The Balaban J connectivity index is 1.79. The van der Waals surface area contributed by atoms with Crippen molar-refractivity contribution in [3.8, 4) is 0 Å². The van der Waals surface area contributed by atoms with Crippen LogP contribution in [0, 0.1) is 0 Å². The molecule has 2 aromatic rings. The van der Waals surface area contributed by atoms with Crippen molar-refractivity contribution < 1.29 is 9.53 Å². The molecule has 0 bridgehead atoms. The summed E-state index contributed by atoms with van der Waals surface area (Å²) in [6.07, 6.45) is 3.35. The van der Waals surface area contributed by atoms with E-state index in [1.807, 2.05) is 18.2 Å². The molecule has 0 amide bonds. The molecule has 1 aromatic carbocycles. The molecule has 132 valence electrons. The first kappa shape index (κ1) is 17.7. The molecule has 1 aromatic heterocycles. The average Bonchev–Trinajstić information content (AvgIpc) is 3.06. The van der Waals surface area contributed by atoms with Gasteiger partial charge < -0.3 is 15.4 Å². The number of pyridine rings is 1. The molecule has 6 heteroatoms. The van der Waals surface area contributed by atoms with E-state index in [0.717, 1.165) is 25.9 Å². The summed E-state index contributed by atoms with van der Waals surface area (Å²) in [6, 6.07) is 12.0. The van der Waals surface area contributed by atoms with Gasteiger partial charge in [-0.2, -0.15) is 0 Å². The zero-order valence-corrected chi connectivity index (χ0v) is 15.0. The Morgan fingerprint density at radius 1 is 1.40 bits per heavy atom. The minimum atomic E-state index is -0.412. The molecule has 1 aliphatic rings. The van der Waals surface area contributed by atoms with Gasteiger partial charge in [-0.05, 0) is 37.9 Å². The highest BCUT2D eigenvalue weighted by molar-refractivity contribution is 6.33. The van der Waals surface area contributed by atoms with Gasteiger partial charge in [-0.1, -0.05) is 41.9 Å². The number of nitrogens with one attached hydrogen (secondary N) is 2. The number of anilines is 1. The van der Waals surface area contributed by atoms with E-state index in [2.05, 4.69) is 27.8 Å². The zero-order chi connectivity index (χ0) is 17.7. The van der Waals surface area contributed by atoms with Gasteiger partial charge in [-0.15, -0.1) is 0 Å². The molecule has 1 aliphatic heterocycles. The fraction of sp³-hybridized carbons (Fsp3) is 0.368. The topological polar surface area (TPSA) is 63.2 Å². The molecule has 0 unspecified atom stereocenters. The standard InChI is InChI=1S/C19H22ClN3O2/c1-2-25-18(24)15-10-16(20)17(22-12-15)23-19(8-9-21-13-19)11-14-6-4-3-5-7-14/h3-7,10,12,21H,2,8-9,11,13H2,1H3,(H,22,23)/t19-/m0/s1.